The molecule has 0 atom stereocenters. The van der Waals surface area contributed by atoms with Crippen LogP contribution in [0.3, 0.4) is 0 Å². The van der Waals surface area contributed by atoms with Crippen LogP contribution in [0.25, 0.3) is 16.7 Å². The summed E-state index contributed by atoms with van der Waals surface area (Å²) in [6.07, 6.45) is 0.353. The van der Waals surface area contributed by atoms with Crippen LogP contribution in [0.5, 0.6) is 5.75 Å². The molecule has 0 fully saturated rings. The summed E-state index contributed by atoms with van der Waals surface area (Å²) in [6, 6.07) is 8.55. The number of rotatable bonds is 5. The molecule has 0 saturated carbocycles. The first kappa shape index (κ1) is 22.5. The first-order chi connectivity index (χ1) is 15.2. The van der Waals surface area contributed by atoms with Gasteiger partial charge in [-0.1, -0.05) is 54.7 Å². The topological polar surface area (TPSA) is 98.8 Å². The summed E-state index contributed by atoms with van der Waals surface area (Å²) in [7, 11) is 1.55. The molecule has 0 aliphatic carbocycles. The summed E-state index contributed by atoms with van der Waals surface area (Å²) < 4.78 is 6.80. The monoisotopic (exact) mass is 491 g/mol. The van der Waals surface area contributed by atoms with Gasteiger partial charge in [0.05, 0.1) is 28.5 Å². The van der Waals surface area contributed by atoms with E-state index in [0.717, 1.165) is 5.56 Å². The summed E-state index contributed by atoms with van der Waals surface area (Å²) in [5.41, 5.74) is 8.38. The number of H-pyrrole nitrogens is 1. The first-order valence-electron chi connectivity index (χ1n) is 9.78. The molecular formula is C22H20Cl3N5O2. The lowest BCUT2D eigenvalue weighted by Crippen LogP contribution is -2.14. The van der Waals surface area contributed by atoms with E-state index in [4.69, 9.17) is 50.3 Å². The maximum atomic E-state index is 13.1. The summed E-state index contributed by atoms with van der Waals surface area (Å²) in [5, 5.41) is 6.03. The Kier molecular flexibility index (Phi) is 6.07. The normalized spacial score (nSPS) is 11.5. The van der Waals surface area contributed by atoms with Gasteiger partial charge in [0.25, 0.3) is 5.56 Å². The van der Waals surface area contributed by atoms with E-state index in [2.05, 4.69) is 10.1 Å². The predicted octanol–water partition coefficient (Wildman–Crippen LogP) is 5.37. The largest absolute Gasteiger partial charge is 0.495 e. The lowest BCUT2D eigenvalue weighted by Gasteiger charge is -2.10. The second-order valence-electron chi connectivity index (χ2n) is 7.63. The number of anilines is 1. The van der Waals surface area contributed by atoms with Gasteiger partial charge in [-0.2, -0.15) is 5.10 Å². The lowest BCUT2D eigenvalue weighted by atomic mass is 10.1. The molecule has 0 amide bonds. The fourth-order valence-electron chi connectivity index (χ4n) is 3.54. The molecule has 2 aromatic carbocycles. The van der Waals surface area contributed by atoms with Crippen LogP contribution >= 0.6 is 34.8 Å². The van der Waals surface area contributed by atoms with Crippen LogP contribution in [0, 0.1) is 0 Å². The van der Waals surface area contributed by atoms with E-state index in [9.17, 15) is 4.79 Å². The minimum Gasteiger partial charge on any atom is -0.495 e. The number of halogens is 3. The van der Waals surface area contributed by atoms with Crippen LogP contribution < -0.4 is 16.0 Å². The molecule has 2 aromatic heterocycles. The van der Waals surface area contributed by atoms with Crippen molar-refractivity contribution in [2.75, 3.05) is 12.8 Å². The molecule has 4 aromatic rings. The van der Waals surface area contributed by atoms with E-state index in [-0.39, 0.29) is 11.5 Å². The van der Waals surface area contributed by atoms with Crippen molar-refractivity contribution in [3.8, 4) is 11.4 Å². The van der Waals surface area contributed by atoms with Crippen LogP contribution in [-0.4, -0.2) is 26.9 Å². The van der Waals surface area contributed by atoms with Gasteiger partial charge in [0, 0.05) is 11.4 Å². The van der Waals surface area contributed by atoms with Crippen molar-refractivity contribution in [2.24, 2.45) is 0 Å². The fraction of sp³-hybridized carbons (Fsp3) is 0.227. The van der Waals surface area contributed by atoms with Gasteiger partial charge in [0.1, 0.15) is 22.6 Å². The summed E-state index contributed by atoms with van der Waals surface area (Å²) >= 11 is 19.0. The Morgan fingerprint density at radius 1 is 1.16 bits per heavy atom. The zero-order valence-corrected chi connectivity index (χ0v) is 19.8. The number of hydrogen-bond acceptors (Lipinski definition) is 5. The van der Waals surface area contributed by atoms with Crippen LogP contribution in [0.1, 0.15) is 36.8 Å². The molecule has 0 radical (unpaired) electrons. The van der Waals surface area contributed by atoms with Crippen LogP contribution in [-0.2, 0) is 6.42 Å². The zero-order valence-electron chi connectivity index (χ0n) is 17.5. The van der Waals surface area contributed by atoms with Crippen LogP contribution in [0.2, 0.25) is 15.1 Å². The second-order valence-corrected chi connectivity index (χ2v) is 8.88. The predicted molar refractivity (Wildman–Crippen MR) is 129 cm³/mol. The number of benzene rings is 2. The Balaban J connectivity index is 1.93. The number of nitrogens with two attached hydrogens (primary N) is 1. The van der Waals surface area contributed by atoms with Gasteiger partial charge in [-0.3, -0.25) is 4.79 Å². The van der Waals surface area contributed by atoms with Crippen LogP contribution in [0.15, 0.2) is 35.1 Å². The molecule has 0 aliphatic rings. The number of nitrogen functional groups attached to an aromatic ring is 1. The highest BCUT2D eigenvalue weighted by Crippen LogP contribution is 2.34. The molecule has 0 spiro atoms. The summed E-state index contributed by atoms with van der Waals surface area (Å²) in [6.45, 7) is 3.90. The highest BCUT2D eigenvalue weighted by atomic mass is 35.5. The molecule has 3 N–H and O–H groups in total. The maximum Gasteiger partial charge on any atom is 0.262 e. The third-order valence-corrected chi connectivity index (χ3v) is 5.82. The van der Waals surface area contributed by atoms with Crippen molar-refractivity contribution in [2.45, 2.75) is 26.2 Å². The van der Waals surface area contributed by atoms with E-state index < -0.39 is 0 Å². The number of aromatic nitrogens is 4. The zero-order chi connectivity index (χ0) is 23.2. The molecule has 4 rings (SSSR count). The summed E-state index contributed by atoms with van der Waals surface area (Å²) in [4.78, 5) is 20.7. The minimum atomic E-state index is -0.288. The van der Waals surface area contributed by atoms with E-state index in [1.54, 1.807) is 25.3 Å². The highest BCUT2D eigenvalue weighted by molar-refractivity contribution is 6.40. The average Bonchev–Trinajstić information content (AvgIpc) is 3.09. The standard InChI is InChI=1S/C22H20Cl3N5O2/c1-10(2)19-18-21(30(29-19)20-13(24)8-12(23)9-14(20)25)27-17(28-22(18)31)7-11-4-5-15(26)16(6-11)32-3/h4-6,8-10H,7,26H2,1-3H3,(H,27,28,31). The molecule has 7 nitrogen and oxygen atoms in total. The number of ether oxygens (including phenoxy) is 1. The van der Waals surface area contributed by atoms with Gasteiger partial charge in [-0.05, 0) is 35.7 Å². The number of aromatic amines is 1. The Labute approximate surface area is 199 Å². The Bertz CT molecular complexity index is 1370. The quantitative estimate of drug-likeness (QED) is 0.365. The van der Waals surface area contributed by atoms with Crippen molar-refractivity contribution >= 4 is 51.5 Å². The summed E-state index contributed by atoms with van der Waals surface area (Å²) in [5.74, 6) is 0.975. The second kappa shape index (κ2) is 8.65. The van der Waals surface area contributed by atoms with Gasteiger partial charge in [-0.25, -0.2) is 9.67 Å². The molecule has 166 valence electrons. The van der Waals surface area contributed by atoms with Gasteiger partial charge in [-0.15, -0.1) is 0 Å². The molecule has 0 saturated heterocycles. The van der Waals surface area contributed by atoms with Gasteiger partial charge < -0.3 is 15.5 Å². The van der Waals surface area contributed by atoms with Crippen molar-refractivity contribution in [1.82, 2.24) is 19.7 Å². The molecular weight excluding hydrogens is 473 g/mol. The Hall–Kier alpha value is -2.74. The van der Waals surface area contributed by atoms with Crippen molar-refractivity contribution < 1.29 is 4.74 Å². The van der Waals surface area contributed by atoms with Crippen molar-refractivity contribution in [3.63, 3.8) is 0 Å². The number of nitrogens with one attached hydrogen (secondary N) is 1. The molecule has 0 bridgehead atoms. The maximum absolute atomic E-state index is 13.1. The highest BCUT2D eigenvalue weighted by Gasteiger charge is 2.23. The van der Waals surface area contributed by atoms with Crippen molar-refractivity contribution in [1.29, 1.82) is 0 Å². The van der Waals surface area contributed by atoms with Gasteiger partial charge >= 0.3 is 0 Å². The van der Waals surface area contributed by atoms with E-state index in [0.29, 0.717) is 61.2 Å². The number of nitrogens with zero attached hydrogens (tertiary/aromatic N) is 3. The Morgan fingerprint density at radius 2 is 1.84 bits per heavy atom. The van der Waals surface area contributed by atoms with E-state index in [1.165, 1.54) is 4.68 Å². The molecule has 2 heterocycles. The van der Waals surface area contributed by atoms with Crippen LogP contribution in [0.4, 0.5) is 5.69 Å². The van der Waals surface area contributed by atoms with Crippen molar-refractivity contribution in [3.05, 3.63) is 72.8 Å². The molecule has 32 heavy (non-hydrogen) atoms. The SMILES string of the molecule is COc1cc(Cc2nc3c(c(C(C)C)nn3-c3c(Cl)cc(Cl)cc3Cl)c(=O)[nH]2)ccc1N. The number of fused-ring (bicyclic) bond motifs is 1. The van der Waals surface area contributed by atoms with E-state index >= 15 is 0 Å². The smallest absolute Gasteiger partial charge is 0.262 e. The fourth-order valence-corrected chi connectivity index (χ4v) is 4.51. The number of hydrogen-bond donors (Lipinski definition) is 2. The molecule has 0 unspecified atom stereocenters. The third kappa shape index (κ3) is 4.03. The lowest BCUT2D eigenvalue weighted by molar-refractivity contribution is 0.416. The third-order valence-electron chi connectivity index (χ3n) is 5.02. The molecule has 0 aliphatic heterocycles. The first-order valence-corrected chi connectivity index (χ1v) is 10.9. The van der Waals surface area contributed by atoms with E-state index in [1.807, 2.05) is 26.0 Å². The average molecular weight is 493 g/mol. The number of methoxy groups -OCH3 is 1. The van der Waals surface area contributed by atoms with Gasteiger partial charge in [0.15, 0.2) is 5.65 Å². The Morgan fingerprint density at radius 3 is 2.47 bits per heavy atom. The molecule has 10 heteroatoms. The minimum absolute atomic E-state index is 0.0290. The van der Waals surface area contributed by atoms with Gasteiger partial charge in [0.2, 0.25) is 0 Å².